The lowest BCUT2D eigenvalue weighted by molar-refractivity contribution is 0.380. The summed E-state index contributed by atoms with van der Waals surface area (Å²) in [6.07, 6.45) is 3.13. The highest BCUT2D eigenvalue weighted by Crippen LogP contribution is 2.46. The second kappa shape index (κ2) is 7.56. The van der Waals surface area contributed by atoms with Gasteiger partial charge in [-0.3, -0.25) is 18.9 Å². The first-order valence-corrected chi connectivity index (χ1v) is 8.58. The van der Waals surface area contributed by atoms with Gasteiger partial charge in [0.1, 0.15) is 0 Å². The van der Waals surface area contributed by atoms with E-state index in [0.717, 1.165) is 6.42 Å². The smallest absolute Gasteiger partial charge is 0.321 e. The van der Waals surface area contributed by atoms with Crippen LogP contribution in [0.15, 0.2) is 32.4 Å². The van der Waals surface area contributed by atoms with Crippen molar-refractivity contribution in [2.45, 2.75) is 46.6 Å². The van der Waals surface area contributed by atoms with E-state index in [-0.39, 0.29) is 18.3 Å². The van der Waals surface area contributed by atoms with Crippen LogP contribution >= 0.6 is 7.60 Å². The highest BCUT2D eigenvalue weighted by Gasteiger charge is 2.20. The summed E-state index contributed by atoms with van der Waals surface area (Å²) in [7, 11) is -4.35. The summed E-state index contributed by atoms with van der Waals surface area (Å²) in [6.45, 7) is 5.24. The zero-order valence-electron chi connectivity index (χ0n) is 12.9. The van der Waals surface area contributed by atoms with Crippen LogP contribution in [0.3, 0.4) is 0 Å². The van der Waals surface area contributed by atoms with Crippen LogP contribution in [0.5, 0.6) is 0 Å². The predicted molar refractivity (Wildman–Crippen MR) is 83.8 cm³/mol. The van der Waals surface area contributed by atoms with E-state index < -0.39 is 18.8 Å². The van der Waals surface area contributed by atoms with Crippen molar-refractivity contribution < 1.29 is 14.4 Å². The number of unbranched alkanes of at least 4 members (excludes halogenated alkanes) is 1. The van der Waals surface area contributed by atoms with Crippen LogP contribution < -0.4 is 11.2 Å². The Hall–Kier alpha value is -1.65. The Morgan fingerprint density at radius 2 is 2.05 bits per heavy atom. The Morgan fingerprint density at radius 3 is 2.59 bits per heavy atom. The van der Waals surface area contributed by atoms with Crippen molar-refractivity contribution in [2.75, 3.05) is 0 Å². The van der Waals surface area contributed by atoms with E-state index in [1.807, 2.05) is 6.92 Å². The highest BCUT2D eigenvalue weighted by molar-refractivity contribution is 7.56. The van der Waals surface area contributed by atoms with Gasteiger partial charge in [0.25, 0.3) is 5.56 Å². The van der Waals surface area contributed by atoms with Gasteiger partial charge in [0.15, 0.2) is 0 Å². The lowest BCUT2D eigenvalue weighted by atomic mass is 10.2. The fourth-order valence-electron chi connectivity index (χ4n) is 1.90. The molecule has 0 spiro atoms. The SMILES string of the molecule is CCCCC(=C=C(C)Cn1cc(C)c(=O)[nH]c1=O)P(=O)(O)O. The molecule has 0 atom stereocenters. The van der Waals surface area contributed by atoms with Gasteiger partial charge in [0, 0.05) is 11.8 Å². The molecule has 7 nitrogen and oxygen atoms in total. The number of rotatable bonds is 6. The minimum atomic E-state index is -4.35. The van der Waals surface area contributed by atoms with E-state index in [0.29, 0.717) is 17.6 Å². The molecule has 1 aromatic rings. The molecule has 0 radical (unpaired) electrons. The summed E-state index contributed by atoms with van der Waals surface area (Å²) < 4.78 is 12.7. The van der Waals surface area contributed by atoms with Crippen LogP contribution in [0.4, 0.5) is 0 Å². The third-order valence-corrected chi connectivity index (χ3v) is 4.11. The quantitative estimate of drug-likeness (QED) is 0.543. The molecule has 0 unspecified atom stereocenters. The maximum absolute atomic E-state index is 11.7. The fraction of sp³-hybridized carbons (Fsp3) is 0.500. The van der Waals surface area contributed by atoms with E-state index in [1.54, 1.807) is 13.8 Å². The number of nitrogens with one attached hydrogen (secondary N) is 1. The van der Waals surface area contributed by atoms with Crippen molar-refractivity contribution >= 4 is 7.60 Å². The van der Waals surface area contributed by atoms with Crippen LogP contribution in [-0.4, -0.2) is 19.3 Å². The molecule has 8 heteroatoms. The summed E-state index contributed by atoms with van der Waals surface area (Å²) in [5, 5.41) is -0.0546. The van der Waals surface area contributed by atoms with Gasteiger partial charge in [-0.15, -0.1) is 5.73 Å². The molecule has 0 aliphatic carbocycles. The van der Waals surface area contributed by atoms with Crippen LogP contribution in [0.2, 0.25) is 0 Å². The van der Waals surface area contributed by atoms with Crippen LogP contribution in [0, 0.1) is 6.92 Å². The van der Waals surface area contributed by atoms with Gasteiger partial charge >= 0.3 is 13.3 Å². The molecular weight excluding hydrogens is 307 g/mol. The van der Waals surface area contributed by atoms with Gasteiger partial charge in [-0.2, -0.15) is 0 Å². The van der Waals surface area contributed by atoms with Gasteiger partial charge < -0.3 is 9.79 Å². The molecule has 1 aromatic heterocycles. The van der Waals surface area contributed by atoms with Crippen molar-refractivity contribution in [3.05, 3.63) is 49.2 Å². The van der Waals surface area contributed by atoms with Gasteiger partial charge in [-0.25, -0.2) is 4.79 Å². The van der Waals surface area contributed by atoms with Crippen molar-refractivity contribution in [3.63, 3.8) is 0 Å². The van der Waals surface area contributed by atoms with Crippen LogP contribution in [0.1, 0.15) is 38.7 Å². The van der Waals surface area contributed by atoms with Crippen molar-refractivity contribution in [3.8, 4) is 0 Å². The Morgan fingerprint density at radius 1 is 1.41 bits per heavy atom. The van der Waals surface area contributed by atoms with Crippen molar-refractivity contribution in [1.29, 1.82) is 0 Å². The van der Waals surface area contributed by atoms with Crippen molar-refractivity contribution in [1.82, 2.24) is 9.55 Å². The van der Waals surface area contributed by atoms with E-state index in [2.05, 4.69) is 10.7 Å². The lowest BCUT2D eigenvalue weighted by Gasteiger charge is -2.08. The Kier molecular flexibility index (Phi) is 6.33. The normalized spacial score (nSPS) is 11.1. The molecule has 0 aromatic carbocycles. The number of nitrogens with zero attached hydrogens (tertiary/aromatic N) is 1. The summed E-state index contributed by atoms with van der Waals surface area (Å²) >= 11 is 0. The number of aryl methyl sites for hydroxylation is 1. The number of H-pyrrole nitrogens is 1. The van der Waals surface area contributed by atoms with Gasteiger partial charge in [0.05, 0.1) is 11.9 Å². The molecule has 3 N–H and O–H groups in total. The first kappa shape index (κ1) is 18.4. The van der Waals surface area contributed by atoms with Gasteiger partial charge in [0.2, 0.25) is 0 Å². The van der Waals surface area contributed by atoms with Crippen LogP contribution in [0.25, 0.3) is 0 Å². The summed E-state index contributed by atoms with van der Waals surface area (Å²) in [5.74, 6) is 0. The monoisotopic (exact) mass is 328 g/mol. The summed E-state index contributed by atoms with van der Waals surface area (Å²) in [6, 6.07) is 0. The molecule has 0 aliphatic heterocycles. The first-order chi connectivity index (χ1) is 10.1. The largest absolute Gasteiger partial charge is 0.359 e. The lowest BCUT2D eigenvalue weighted by Crippen LogP contribution is -2.31. The molecule has 0 aliphatic rings. The Labute approximate surface area is 128 Å². The second-order valence-electron chi connectivity index (χ2n) is 5.20. The zero-order valence-corrected chi connectivity index (χ0v) is 13.8. The molecular formula is C14H21N2O5P. The van der Waals surface area contributed by atoms with E-state index in [1.165, 1.54) is 10.8 Å². The van der Waals surface area contributed by atoms with E-state index in [4.69, 9.17) is 0 Å². The number of hydrogen-bond donors (Lipinski definition) is 3. The summed E-state index contributed by atoms with van der Waals surface area (Å²) in [5.41, 5.74) is 2.60. The highest BCUT2D eigenvalue weighted by atomic mass is 31.2. The van der Waals surface area contributed by atoms with E-state index >= 15 is 0 Å². The molecule has 0 fully saturated rings. The zero-order chi connectivity index (χ0) is 16.9. The van der Waals surface area contributed by atoms with Crippen molar-refractivity contribution in [2.24, 2.45) is 0 Å². The van der Waals surface area contributed by atoms with Crippen LogP contribution in [-0.2, 0) is 11.1 Å². The maximum Gasteiger partial charge on any atom is 0.359 e. The summed E-state index contributed by atoms with van der Waals surface area (Å²) in [4.78, 5) is 43.8. The average molecular weight is 328 g/mol. The minimum absolute atomic E-state index is 0.0546. The molecule has 22 heavy (non-hydrogen) atoms. The topological polar surface area (TPSA) is 112 Å². The maximum atomic E-state index is 11.7. The third kappa shape index (κ3) is 5.28. The minimum Gasteiger partial charge on any atom is -0.321 e. The number of allylic oxidation sites excluding steroid dienone is 1. The number of hydrogen-bond acceptors (Lipinski definition) is 3. The Balaban J connectivity index is 3.22. The molecule has 0 bridgehead atoms. The van der Waals surface area contributed by atoms with Gasteiger partial charge in [-0.1, -0.05) is 13.3 Å². The van der Waals surface area contributed by atoms with E-state index in [9.17, 15) is 23.9 Å². The standard InChI is InChI=1S/C14H21N2O5P/c1-4-5-6-12(22(19,20)21)7-10(2)8-16-9-11(3)13(17)15-14(16)18/h9H,4-6,8H2,1-3H3,(H,15,17,18)(H2,19,20,21). The fourth-order valence-corrected chi connectivity index (χ4v) is 2.69. The second-order valence-corrected chi connectivity index (χ2v) is 6.83. The third-order valence-electron chi connectivity index (χ3n) is 3.07. The van der Waals surface area contributed by atoms with Gasteiger partial charge in [-0.05, 0) is 32.3 Å². The molecule has 1 rings (SSSR count). The molecule has 0 saturated heterocycles. The molecule has 0 amide bonds. The molecule has 1 heterocycles. The predicted octanol–water partition coefficient (Wildman–Crippen LogP) is 1.64. The Bertz CT molecular complexity index is 762. The first-order valence-electron chi connectivity index (χ1n) is 6.97. The molecule has 122 valence electrons. The average Bonchev–Trinajstić information content (AvgIpc) is 2.39. The number of aromatic amines is 1. The molecule has 0 saturated carbocycles. The number of aromatic nitrogens is 2.